The first-order valence-electron chi connectivity index (χ1n) is 3.03. The molecule has 0 bridgehead atoms. The van der Waals surface area contributed by atoms with Gasteiger partial charge in [0.25, 0.3) is 0 Å². The van der Waals surface area contributed by atoms with Crippen molar-refractivity contribution >= 4 is 29.1 Å². The van der Waals surface area contributed by atoms with E-state index in [4.69, 9.17) is 5.11 Å². The highest BCUT2D eigenvalue weighted by atomic mass is 32.2. The molecule has 11 heavy (non-hydrogen) atoms. The topological polar surface area (TPSA) is 37.3 Å². The summed E-state index contributed by atoms with van der Waals surface area (Å²) in [6, 6.07) is 1.72. The summed E-state index contributed by atoms with van der Waals surface area (Å²) in [6.07, 6.45) is 1.94. The average Bonchev–Trinajstić information content (AvgIpc) is 2.30. The Balaban J connectivity index is 3.07. The van der Waals surface area contributed by atoms with Gasteiger partial charge in [0.05, 0.1) is 9.77 Å². The summed E-state index contributed by atoms with van der Waals surface area (Å²) in [5, 5.41) is 8.67. The van der Waals surface area contributed by atoms with Crippen molar-refractivity contribution in [3.63, 3.8) is 0 Å². The average molecular weight is 188 g/mol. The van der Waals surface area contributed by atoms with Crippen LogP contribution in [0.4, 0.5) is 0 Å². The minimum atomic E-state index is -0.834. The van der Waals surface area contributed by atoms with E-state index in [0.717, 1.165) is 9.09 Å². The molecule has 1 N–H and O–H groups in total. The van der Waals surface area contributed by atoms with Crippen molar-refractivity contribution < 1.29 is 9.90 Å². The molecular formula is C7H8O2S2. The van der Waals surface area contributed by atoms with Crippen LogP contribution in [0.25, 0.3) is 0 Å². The molecular weight excluding hydrogens is 180 g/mol. The zero-order valence-electron chi connectivity index (χ0n) is 6.25. The molecule has 0 saturated heterocycles. The van der Waals surface area contributed by atoms with Gasteiger partial charge in [0.1, 0.15) is 0 Å². The van der Waals surface area contributed by atoms with Gasteiger partial charge in [-0.15, -0.1) is 23.1 Å². The predicted octanol–water partition coefficient (Wildman–Crippen LogP) is 2.48. The largest absolute Gasteiger partial charge is 0.478 e. The molecule has 0 amide bonds. The first-order valence-corrected chi connectivity index (χ1v) is 5.07. The summed E-state index contributed by atoms with van der Waals surface area (Å²) in [5.41, 5.74) is 0.430. The maximum Gasteiger partial charge on any atom is 0.336 e. The van der Waals surface area contributed by atoms with Gasteiger partial charge in [0.15, 0.2) is 0 Å². The van der Waals surface area contributed by atoms with Crippen LogP contribution in [0.5, 0.6) is 0 Å². The van der Waals surface area contributed by atoms with E-state index in [2.05, 4.69) is 0 Å². The van der Waals surface area contributed by atoms with Crippen LogP contribution >= 0.6 is 23.1 Å². The highest BCUT2D eigenvalue weighted by Gasteiger charge is 2.10. The molecule has 0 fully saturated rings. The van der Waals surface area contributed by atoms with Crippen molar-refractivity contribution in [2.45, 2.75) is 11.1 Å². The molecule has 60 valence electrons. The van der Waals surface area contributed by atoms with Crippen molar-refractivity contribution in [2.24, 2.45) is 0 Å². The lowest BCUT2D eigenvalue weighted by molar-refractivity contribution is 0.0696. The number of thioether (sulfide) groups is 1. The van der Waals surface area contributed by atoms with Gasteiger partial charge in [0.2, 0.25) is 0 Å². The summed E-state index contributed by atoms with van der Waals surface area (Å²) in [7, 11) is 0. The molecule has 1 heterocycles. The second-order valence-electron chi connectivity index (χ2n) is 2.04. The fourth-order valence-electron chi connectivity index (χ4n) is 0.768. The summed E-state index contributed by atoms with van der Waals surface area (Å²) in [6.45, 7) is 1.83. The maximum atomic E-state index is 10.5. The van der Waals surface area contributed by atoms with Crippen LogP contribution in [0.2, 0.25) is 0 Å². The molecule has 0 radical (unpaired) electrons. The number of aryl methyl sites for hydroxylation is 1. The van der Waals surface area contributed by atoms with E-state index in [-0.39, 0.29) is 0 Å². The normalized spacial score (nSPS) is 10.0. The van der Waals surface area contributed by atoms with Gasteiger partial charge in [-0.1, -0.05) is 0 Å². The summed E-state index contributed by atoms with van der Waals surface area (Å²) >= 11 is 3.10. The maximum absolute atomic E-state index is 10.5. The lowest BCUT2D eigenvalue weighted by Gasteiger charge is -1.86. The number of carboxylic acid groups (broad SMARTS) is 1. The fourth-order valence-corrected chi connectivity index (χ4v) is 2.45. The quantitative estimate of drug-likeness (QED) is 0.724. The lowest BCUT2D eigenvalue weighted by Crippen LogP contribution is -1.94. The Morgan fingerprint density at radius 3 is 2.64 bits per heavy atom. The highest BCUT2D eigenvalue weighted by Crippen LogP contribution is 2.28. The van der Waals surface area contributed by atoms with E-state index >= 15 is 0 Å². The van der Waals surface area contributed by atoms with Crippen molar-refractivity contribution in [3.8, 4) is 0 Å². The number of thiophene rings is 1. The van der Waals surface area contributed by atoms with Crippen molar-refractivity contribution in [1.82, 2.24) is 0 Å². The van der Waals surface area contributed by atoms with Crippen molar-refractivity contribution in [3.05, 3.63) is 16.5 Å². The standard InChI is InChI=1S/C7H8O2S2/c1-4-5(7(8)9)3-6(10-2)11-4/h3H,1-2H3,(H,8,9). The van der Waals surface area contributed by atoms with E-state index in [0.29, 0.717) is 5.56 Å². The van der Waals surface area contributed by atoms with Gasteiger partial charge in [-0.3, -0.25) is 0 Å². The molecule has 0 aliphatic heterocycles. The molecule has 0 aliphatic carbocycles. The lowest BCUT2D eigenvalue weighted by atomic mass is 10.3. The van der Waals surface area contributed by atoms with Crippen LogP contribution in [0, 0.1) is 6.92 Å². The SMILES string of the molecule is CSc1cc(C(=O)O)c(C)s1. The minimum Gasteiger partial charge on any atom is -0.478 e. The molecule has 0 aliphatic rings. The van der Waals surface area contributed by atoms with Gasteiger partial charge >= 0.3 is 5.97 Å². The Labute approximate surface area is 73.2 Å². The van der Waals surface area contributed by atoms with Gasteiger partial charge in [0, 0.05) is 4.88 Å². The second kappa shape index (κ2) is 3.28. The molecule has 0 aromatic carbocycles. The van der Waals surface area contributed by atoms with Gasteiger partial charge < -0.3 is 5.11 Å². The zero-order valence-corrected chi connectivity index (χ0v) is 7.88. The van der Waals surface area contributed by atoms with Crippen LogP contribution < -0.4 is 0 Å². The molecule has 0 spiro atoms. The van der Waals surface area contributed by atoms with Crippen LogP contribution in [-0.4, -0.2) is 17.3 Å². The van der Waals surface area contributed by atoms with Crippen LogP contribution in [-0.2, 0) is 0 Å². The van der Waals surface area contributed by atoms with E-state index in [1.165, 1.54) is 11.3 Å². The molecule has 0 saturated carbocycles. The Hall–Kier alpha value is -0.480. The van der Waals surface area contributed by atoms with Crippen LogP contribution in [0.15, 0.2) is 10.3 Å². The third-order valence-corrected chi connectivity index (χ3v) is 3.44. The molecule has 4 heteroatoms. The molecule has 1 aromatic heterocycles. The number of hydrogen-bond donors (Lipinski definition) is 1. The molecule has 0 atom stereocenters. The number of carboxylic acids is 1. The Bertz CT molecular complexity index is 278. The van der Waals surface area contributed by atoms with Crippen molar-refractivity contribution in [1.29, 1.82) is 0 Å². The molecule has 2 nitrogen and oxygen atoms in total. The molecule has 0 unspecified atom stereocenters. The molecule has 1 aromatic rings. The first kappa shape index (κ1) is 8.62. The summed E-state index contributed by atoms with van der Waals surface area (Å²) < 4.78 is 1.06. The number of rotatable bonds is 2. The Kier molecular flexibility index (Phi) is 2.57. The second-order valence-corrected chi connectivity index (χ2v) is 4.41. The smallest absolute Gasteiger partial charge is 0.336 e. The Morgan fingerprint density at radius 1 is 1.73 bits per heavy atom. The van der Waals surface area contributed by atoms with Gasteiger partial charge in [-0.2, -0.15) is 0 Å². The summed E-state index contributed by atoms with van der Waals surface area (Å²) in [4.78, 5) is 11.4. The third kappa shape index (κ3) is 1.75. The van der Waals surface area contributed by atoms with Crippen LogP contribution in [0.1, 0.15) is 15.2 Å². The molecule has 1 rings (SSSR count). The van der Waals surface area contributed by atoms with E-state index in [9.17, 15) is 4.79 Å². The summed E-state index contributed by atoms with van der Waals surface area (Å²) in [5.74, 6) is -0.834. The van der Waals surface area contributed by atoms with E-state index < -0.39 is 5.97 Å². The third-order valence-electron chi connectivity index (χ3n) is 1.33. The van der Waals surface area contributed by atoms with Gasteiger partial charge in [-0.05, 0) is 19.2 Å². The first-order chi connectivity index (χ1) is 5.15. The number of aromatic carboxylic acids is 1. The van der Waals surface area contributed by atoms with Crippen molar-refractivity contribution in [2.75, 3.05) is 6.26 Å². The zero-order chi connectivity index (χ0) is 8.43. The number of hydrogen-bond acceptors (Lipinski definition) is 3. The van der Waals surface area contributed by atoms with Crippen LogP contribution in [0.3, 0.4) is 0 Å². The predicted molar refractivity (Wildman–Crippen MR) is 47.8 cm³/mol. The monoisotopic (exact) mass is 188 g/mol. The van der Waals surface area contributed by atoms with Gasteiger partial charge in [-0.25, -0.2) is 4.79 Å². The number of carbonyl (C=O) groups is 1. The van der Waals surface area contributed by atoms with E-state index in [1.807, 2.05) is 13.2 Å². The fraction of sp³-hybridized carbons (Fsp3) is 0.286. The minimum absolute atomic E-state index is 0.430. The van der Waals surface area contributed by atoms with E-state index in [1.54, 1.807) is 17.8 Å². The Morgan fingerprint density at radius 2 is 2.36 bits per heavy atom. The highest BCUT2D eigenvalue weighted by molar-refractivity contribution is 8.00.